The van der Waals surface area contributed by atoms with Gasteiger partial charge in [0.25, 0.3) is 5.56 Å². The predicted molar refractivity (Wildman–Crippen MR) is 117 cm³/mol. The van der Waals surface area contributed by atoms with Crippen molar-refractivity contribution in [2.24, 2.45) is 7.05 Å². The monoisotopic (exact) mass is 403 g/mol. The molecule has 154 valence electrons. The maximum Gasteiger partial charge on any atom is 0.270 e. The van der Waals surface area contributed by atoms with Gasteiger partial charge in [-0.1, -0.05) is 30.3 Å². The van der Waals surface area contributed by atoms with E-state index >= 15 is 0 Å². The Balaban J connectivity index is 1.49. The van der Waals surface area contributed by atoms with E-state index in [9.17, 15) is 10.1 Å². The zero-order chi connectivity index (χ0) is 21.1. The molecule has 6 nitrogen and oxygen atoms in total. The van der Waals surface area contributed by atoms with E-state index in [2.05, 4.69) is 11.0 Å². The topological polar surface area (TPSA) is 67.5 Å². The van der Waals surface area contributed by atoms with Crippen molar-refractivity contribution in [2.75, 3.05) is 25.1 Å². The summed E-state index contributed by atoms with van der Waals surface area (Å²) in [5.74, 6) is 0.835. The number of hydrogen-bond donors (Lipinski definition) is 0. The smallest absolute Gasteiger partial charge is 0.270 e. The third-order valence-corrected chi connectivity index (χ3v) is 5.79. The first-order chi connectivity index (χ1) is 14.6. The van der Waals surface area contributed by atoms with E-state index in [1.54, 1.807) is 18.7 Å². The predicted octanol–water partition coefficient (Wildman–Crippen LogP) is 3.60. The molecule has 0 aliphatic carbocycles. The van der Waals surface area contributed by atoms with Gasteiger partial charge in [-0.2, -0.15) is 5.26 Å². The molecule has 0 saturated carbocycles. The molecule has 1 aromatic heterocycles. The molecule has 0 N–H and O–H groups in total. The van der Waals surface area contributed by atoms with Crippen molar-refractivity contribution in [3.63, 3.8) is 0 Å². The summed E-state index contributed by atoms with van der Waals surface area (Å²) in [5.41, 5.74) is 2.68. The molecule has 2 aromatic carbocycles. The van der Waals surface area contributed by atoms with Crippen molar-refractivity contribution < 1.29 is 9.47 Å². The van der Waals surface area contributed by atoms with E-state index in [0.29, 0.717) is 6.61 Å². The Morgan fingerprint density at radius 3 is 2.47 bits per heavy atom. The van der Waals surface area contributed by atoms with Crippen molar-refractivity contribution in [1.29, 1.82) is 5.26 Å². The lowest BCUT2D eigenvalue weighted by Crippen LogP contribution is -2.39. The van der Waals surface area contributed by atoms with Crippen molar-refractivity contribution in [3.05, 3.63) is 70.0 Å². The summed E-state index contributed by atoms with van der Waals surface area (Å²) in [7, 11) is 3.37. The zero-order valence-corrected chi connectivity index (χ0v) is 17.3. The number of pyridine rings is 1. The minimum Gasteiger partial charge on any atom is -0.497 e. The largest absolute Gasteiger partial charge is 0.497 e. The number of aromatic nitrogens is 1. The van der Waals surface area contributed by atoms with Crippen LogP contribution in [-0.2, 0) is 18.4 Å². The van der Waals surface area contributed by atoms with Gasteiger partial charge in [0, 0.05) is 25.5 Å². The standard InChI is InChI=1S/C24H25N3O3/c1-26-22-6-4-3-5-20(22)23(21(15-25)24(26)28)27-13-11-19(12-14-27)30-16-17-7-9-18(29-2)10-8-17/h3-10,19H,11-14,16H2,1-2H3. The number of methoxy groups -OCH3 is 1. The third-order valence-electron chi connectivity index (χ3n) is 5.79. The maximum atomic E-state index is 12.7. The summed E-state index contributed by atoms with van der Waals surface area (Å²) in [5, 5.41) is 10.6. The number of nitriles is 1. The van der Waals surface area contributed by atoms with Gasteiger partial charge in [0.1, 0.15) is 17.4 Å². The number of nitrogens with zero attached hydrogens (tertiary/aromatic N) is 3. The highest BCUT2D eigenvalue weighted by Crippen LogP contribution is 2.31. The Labute approximate surface area is 175 Å². The van der Waals surface area contributed by atoms with Crippen molar-refractivity contribution in [2.45, 2.75) is 25.6 Å². The van der Waals surface area contributed by atoms with Gasteiger partial charge in [-0.15, -0.1) is 0 Å². The molecule has 3 aromatic rings. The number of ether oxygens (including phenoxy) is 2. The summed E-state index contributed by atoms with van der Waals surface area (Å²) in [6, 6.07) is 17.8. The molecule has 0 spiro atoms. The van der Waals surface area contributed by atoms with E-state index in [1.807, 2.05) is 48.5 Å². The van der Waals surface area contributed by atoms with Gasteiger partial charge in [-0.3, -0.25) is 4.79 Å². The number of para-hydroxylation sites is 1. The quantitative estimate of drug-likeness (QED) is 0.651. The lowest BCUT2D eigenvalue weighted by molar-refractivity contribution is 0.0251. The molecule has 0 unspecified atom stereocenters. The lowest BCUT2D eigenvalue weighted by Gasteiger charge is -2.34. The summed E-state index contributed by atoms with van der Waals surface area (Å²) < 4.78 is 12.9. The van der Waals surface area contributed by atoms with E-state index in [4.69, 9.17) is 9.47 Å². The second-order valence-electron chi connectivity index (χ2n) is 7.56. The van der Waals surface area contributed by atoms with Gasteiger partial charge in [-0.05, 0) is 36.6 Å². The van der Waals surface area contributed by atoms with E-state index < -0.39 is 0 Å². The van der Waals surface area contributed by atoms with Crippen molar-refractivity contribution in [1.82, 2.24) is 4.57 Å². The van der Waals surface area contributed by atoms with Crippen LogP contribution in [0, 0.1) is 11.3 Å². The highest BCUT2D eigenvalue weighted by molar-refractivity contribution is 5.94. The molecule has 1 fully saturated rings. The molecule has 4 rings (SSSR count). The Hall–Kier alpha value is -3.30. The van der Waals surface area contributed by atoms with Crippen LogP contribution in [0.25, 0.3) is 10.9 Å². The summed E-state index contributed by atoms with van der Waals surface area (Å²) >= 11 is 0. The van der Waals surface area contributed by atoms with Crippen LogP contribution in [0.2, 0.25) is 0 Å². The Kier molecular flexibility index (Phi) is 5.73. The molecule has 0 atom stereocenters. The first-order valence-electron chi connectivity index (χ1n) is 10.1. The highest BCUT2D eigenvalue weighted by Gasteiger charge is 2.25. The second-order valence-corrected chi connectivity index (χ2v) is 7.56. The van der Waals surface area contributed by atoms with Crippen LogP contribution >= 0.6 is 0 Å². The number of fused-ring (bicyclic) bond motifs is 1. The number of benzene rings is 2. The Bertz CT molecular complexity index is 1140. The number of aryl methyl sites for hydroxylation is 1. The van der Waals surface area contributed by atoms with Crippen molar-refractivity contribution >= 4 is 16.6 Å². The van der Waals surface area contributed by atoms with Gasteiger partial charge in [0.2, 0.25) is 0 Å². The third kappa shape index (κ3) is 3.77. The van der Waals surface area contributed by atoms with Crippen LogP contribution in [0.3, 0.4) is 0 Å². The average molecular weight is 403 g/mol. The van der Waals surface area contributed by atoms with Crippen LogP contribution in [0.4, 0.5) is 5.69 Å². The molecule has 0 bridgehead atoms. The number of rotatable bonds is 5. The fourth-order valence-electron chi connectivity index (χ4n) is 4.09. The molecule has 1 aliphatic heterocycles. The van der Waals surface area contributed by atoms with Crippen LogP contribution in [0.1, 0.15) is 24.0 Å². The minimum absolute atomic E-state index is 0.159. The van der Waals surface area contributed by atoms with Crippen molar-refractivity contribution in [3.8, 4) is 11.8 Å². The van der Waals surface area contributed by atoms with Crippen LogP contribution in [0.15, 0.2) is 53.3 Å². The van der Waals surface area contributed by atoms with Crippen LogP contribution in [-0.4, -0.2) is 30.9 Å². The SMILES string of the molecule is COc1ccc(COC2CCN(c3c(C#N)c(=O)n(C)c4ccccc34)CC2)cc1. The van der Waals surface area contributed by atoms with Gasteiger partial charge < -0.3 is 18.9 Å². The second kappa shape index (κ2) is 8.60. The summed E-state index contributed by atoms with van der Waals surface area (Å²) in [6.07, 6.45) is 1.86. The first-order valence-corrected chi connectivity index (χ1v) is 10.1. The summed E-state index contributed by atoms with van der Waals surface area (Å²) in [4.78, 5) is 14.9. The fraction of sp³-hybridized carbons (Fsp3) is 0.333. The molecule has 30 heavy (non-hydrogen) atoms. The molecular formula is C24H25N3O3. The lowest BCUT2D eigenvalue weighted by atomic mass is 10.0. The molecule has 0 radical (unpaired) electrons. The van der Waals surface area contributed by atoms with E-state index in [0.717, 1.165) is 53.8 Å². The van der Waals surface area contributed by atoms with Gasteiger partial charge >= 0.3 is 0 Å². The normalized spacial score (nSPS) is 14.6. The molecule has 1 aliphatic rings. The molecule has 1 saturated heterocycles. The first kappa shape index (κ1) is 20.0. The number of anilines is 1. The van der Waals surface area contributed by atoms with Crippen LogP contribution in [0.5, 0.6) is 5.75 Å². The summed E-state index contributed by atoms with van der Waals surface area (Å²) in [6.45, 7) is 2.06. The average Bonchev–Trinajstić information content (AvgIpc) is 2.80. The Morgan fingerprint density at radius 2 is 1.80 bits per heavy atom. The van der Waals surface area contributed by atoms with Gasteiger partial charge in [0.05, 0.1) is 31.0 Å². The molecule has 6 heteroatoms. The molecular weight excluding hydrogens is 378 g/mol. The highest BCUT2D eigenvalue weighted by atomic mass is 16.5. The van der Waals surface area contributed by atoms with E-state index in [1.165, 1.54) is 0 Å². The van der Waals surface area contributed by atoms with E-state index in [-0.39, 0.29) is 17.2 Å². The molecule has 2 heterocycles. The fourth-order valence-corrected chi connectivity index (χ4v) is 4.09. The number of hydrogen-bond acceptors (Lipinski definition) is 5. The Morgan fingerprint density at radius 1 is 1.10 bits per heavy atom. The van der Waals surface area contributed by atoms with Gasteiger partial charge in [-0.25, -0.2) is 0 Å². The van der Waals surface area contributed by atoms with Gasteiger partial charge in [0.15, 0.2) is 0 Å². The van der Waals surface area contributed by atoms with Crippen LogP contribution < -0.4 is 15.2 Å². The number of piperidine rings is 1. The zero-order valence-electron chi connectivity index (χ0n) is 17.3. The molecule has 0 amide bonds. The minimum atomic E-state index is -0.246. The maximum absolute atomic E-state index is 12.7.